The van der Waals surface area contributed by atoms with Gasteiger partial charge >= 0.3 is 53.5 Å². The van der Waals surface area contributed by atoms with E-state index in [0.717, 1.165) is 0 Å². The second-order valence-corrected chi connectivity index (χ2v) is 3.44. The van der Waals surface area contributed by atoms with Crippen molar-refractivity contribution < 1.29 is 6.93 Å². The van der Waals surface area contributed by atoms with E-state index in [2.05, 4.69) is 0 Å². The van der Waals surface area contributed by atoms with Gasteiger partial charge in [-0.25, -0.2) is 0 Å². The average molecular weight is 185 g/mol. The Hall–Kier alpha value is 0.378. The Balaban J connectivity index is 3.35. The van der Waals surface area contributed by atoms with Crippen LogP contribution in [0.1, 0.15) is 13.8 Å². The molecule has 0 bridgehead atoms. The minimum absolute atomic E-state index is 0.490. The van der Waals surface area contributed by atoms with Gasteiger partial charge < -0.3 is 0 Å². The minimum atomic E-state index is -3.51. The molecule has 0 saturated heterocycles. The Kier molecular flexibility index (Phi) is 4.48. The van der Waals surface area contributed by atoms with Crippen LogP contribution in [0.4, 0.5) is 6.93 Å². The summed E-state index contributed by atoms with van der Waals surface area (Å²) in [4.78, 5) is 0. The molecule has 50 valence electrons. The Morgan fingerprint density at radius 3 is 1.62 bits per heavy atom. The predicted molar refractivity (Wildman–Crippen MR) is 30.9 cm³/mol. The maximum atomic E-state index is 11.8. The molecule has 0 atom stereocenters. The fraction of sp³-hybridized carbons (Fsp3) is 1.00. The molecule has 0 aliphatic rings. The molecule has 0 aromatic rings. The first-order valence-electron chi connectivity index (χ1n) is 2.58. The van der Waals surface area contributed by atoms with Crippen LogP contribution in [0.5, 0.6) is 0 Å². The first-order valence-corrected chi connectivity index (χ1v) is 4.84. The van der Waals surface area contributed by atoms with Gasteiger partial charge in [0.1, 0.15) is 0 Å². The van der Waals surface area contributed by atoms with Gasteiger partial charge in [0.05, 0.1) is 0 Å². The van der Waals surface area contributed by atoms with Crippen LogP contribution in [0.3, 0.4) is 0 Å². The van der Waals surface area contributed by atoms with Crippen molar-refractivity contribution in [3.05, 3.63) is 0 Å². The number of hydrogen-bond acceptors (Lipinski definition) is 1. The fourth-order valence-electron chi connectivity index (χ4n) is 0.437. The summed E-state index contributed by atoms with van der Waals surface area (Å²) in [5.41, 5.74) is 0. The van der Waals surface area contributed by atoms with Gasteiger partial charge in [-0.05, 0) is 0 Å². The summed E-state index contributed by atoms with van der Waals surface area (Å²) >= 11 is -3.51. The van der Waals surface area contributed by atoms with Crippen molar-refractivity contribution in [1.82, 2.24) is 3.82 Å². The summed E-state index contributed by atoms with van der Waals surface area (Å²) in [5.74, 6) is 0. The zero-order chi connectivity index (χ0) is 6.57. The van der Waals surface area contributed by atoms with E-state index < -0.39 is 15.8 Å². The van der Waals surface area contributed by atoms with Crippen LogP contribution in [-0.2, 0) is 0 Å². The molecule has 0 N–H and O–H groups in total. The van der Waals surface area contributed by atoms with Gasteiger partial charge in [-0.1, -0.05) is 0 Å². The Bertz CT molecular complexity index is 56.0. The van der Waals surface area contributed by atoms with Crippen LogP contribution >= 0.6 is 0 Å². The van der Waals surface area contributed by atoms with Crippen molar-refractivity contribution in [3.8, 4) is 0 Å². The first kappa shape index (κ1) is 8.38. The van der Waals surface area contributed by atoms with Crippen molar-refractivity contribution in [2.75, 3.05) is 13.1 Å². The molecule has 0 aliphatic heterocycles. The standard InChI is InChI=1S/C4H10AsF2N/c1-3-8(4-2)5(6)7/h3-4H2,1-2H3. The molecule has 0 radical (unpaired) electrons. The number of hydrogen-bond donors (Lipinski definition) is 0. The van der Waals surface area contributed by atoms with Crippen molar-refractivity contribution in [1.29, 1.82) is 0 Å². The molecule has 0 unspecified atom stereocenters. The van der Waals surface area contributed by atoms with Gasteiger partial charge in [0.25, 0.3) is 0 Å². The molecule has 0 amide bonds. The molecule has 0 fully saturated rings. The van der Waals surface area contributed by atoms with Crippen LogP contribution in [0, 0.1) is 0 Å². The normalized spacial score (nSPS) is 11.2. The molecule has 0 saturated carbocycles. The molecule has 0 aliphatic carbocycles. The van der Waals surface area contributed by atoms with Crippen LogP contribution in [0.2, 0.25) is 0 Å². The van der Waals surface area contributed by atoms with Crippen LogP contribution < -0.4 is 0 Å². The zero-order valence-corrected chi connectivity index (χ0v) is 6.94. The Morgan fingerprint density at radius 2 is 1.62 bits per heavy atom. The van der Waals surface area contributed by atoms with E-state index in [-0.39, 0.29) is 0 Å². The van der Waals surface area contributed by atoms with E-state index in [0.29, 0.717) is 13.1 Å². The van der Waals surface area contributed by atoms with Gasteiger partial charge in [-0.15, -0.1) is 0 Å². The van der Waals surface area contributed by atoms with Gasteiger partial charge in [0.15, 0.2) is 0 Å². The molecule has 0 heterocycles. The summed E-state index contributed by atoms with van der Waals surface area (Å²) < 4.78 is 24.8. The number of nitrogens with zero attached hydrogens (tertiary/aromatic N) is 1. The second kappa shape index (κ2) is 4.28. The van der Waals surface area contributed by atoms with Gasteiger partial charge in [0, 0.05) is 0 Å². The van der Waals surface area contributed by atoms with E-state index in [1.54, 1.807) is 13.8 Å². The first-order chi connectivity index (χ1) is 3.72. The molecule has 1 nitrogen and oxygen atoms in total. The van der Waals surface area contributed by atoms with E-state index in [1.165, 1.54) is 3.82 Å². The fourth-order valence-corrected chi connectivity index (χ4v) is 1.33. The predicted octanol–water partition coefficient (Wildman–Crippen LogP) is 1.25. The Labute approximate surface area is 54.2 Å². The molecule has 0 rings (SSSR count). The average Bonchev–Trinajstić information content (AvgIpc) is 1.69. The molecule has 8 heavy (non-hydrogen) atoms. The second-order valence-electron chi connectivity index (χ2n) is 1.35. The topological polar surface area (TPSA) is 3.24 Å². The van der Waals surface area contributed by atoms with Crippen LogP contribution in [0.25, 0.3) is 0 Å². The molecular weight excluding hydrogens is 175 g/mol. The van der Waals surface area contributed by atoms with E-state index in [9.17, 15) is 6.93 Å². The summed E-state index contributed by atoms with van der Waals surface area (Å²) in [7, 11) is 0. The summed E-state index contributed by atoms with van der Waals surface area (Å²) in [5, 5.41) is 0. The molecular formula is C4H10AsF2N. The van der Waals surface area contributed by atoms with Gasteiger partial charge in [-0.3, -0.25) is 0 Å². The SMILES string of the molecule is CCN(CC)[As](F)F. The summed E-state index contributed by atoms with van der Waals surface area (Å²) in [6, 6.07) is 0. The van der Waals surface area contributed by atoms with E-state index in [1.807, 2.05) is 0 Å². The van der Waals surface area contributed by atoms with Gasteiger partial charge in [-0.2, -0.15) is 0 Å². The maximum absolute atomic E-state index is 11.8. The third-order valence-electron chi connectivity index (χ3n) is 0.944. The number of rotatable bonds is 3. The number of halogens is 2. The third-order valence-corrected chi connectivity index (χ3v) is 3.03. The van der Waals surface area contributed by atoms with E-state index in [4.69, 9.17) is 0 Å². The summed E-state index contributed by atoms with van der Waals surface area (Å²) in [6.45, 7) is 4.49. The molecule has 0 aromatic heterocycles. The Morgan fingerprint density at radius 1 is 1.25 bits per heavy atom. The molecule has 0 aromatic carbocycles. The van der Waals surface area contributed by atoms with Crippen molar-refractivity contribution in [2.24, 2.45) is 0 Å². The molecule has 4 heteroatoms. The summed E-state index contributed by atoms with van der Waals surface area (Å²) in [6.07, 6.45) is 0. The third kappa shape index (κ3) is 2.63. The quantitative estimate of drug-likeness (QED) is 0.598. The van der Waals surface area contributed by atoms with Crippen molar-refractivity contribution >= 4 is 15.8 Å². The van der Waals surface area contributed by atoms with Crippen LogP contribution in [-0.4, -0.2) is 32.7 Å². The zero-order valence-electron chi connectivity index (χ0n) is 5.06. The van der Waals surface area contributed by atoms with Crippen LogP contribution in [0.15, 0.2) is 0 Å². The molecule has 0 spiro atoms. The van der Waals surface area contributed by atoms with Gasteiger partial charge in [0.2, 0.25) is 0 Å². The monoisotopic (exact) mass is 185 g/mol. The van der Waals surface area contributed by atoms with Crippen molar-refractivity contribution in [2.45, 2.75) is 13.8 Å². The van der Waals surface area contributed by atoms with E-state index >= 15 is 0 Å². The van der Waals surface area contributed by atoms with Crippen molar-refractivity contribution in [3.63, 3.8) is 0 Å².